The largest absolute Gasteiger partial charge is 0.504 e. The summed E-state index contributed by atoms with van der Waals surface area (Å²) in [5.74, 6) is -4.70. The lowest BCUT2D eigenvalue weighted by Crippen LogP contribution is -2.69. The van der Waals surface area contributed by atoms with Gasteiger partial charge in [-0.05, 0) is 24.7 Å². The lowest BCUT2D eigenvalue weighted by Gasteiger charge is -2.50. The number of nitrogens with two attached hydrogens (primary N) is 1. The number of carbonyl (C=O) groups excluding carboxylic acids is 4. The fourth-order valence-electron chi connectivity index (χ4n) is 6.98. The molecule has 11 nitrogen and oxygen atoms in total. The normalized spacial score (nSPS) is 33.8. The number of likely N-dealkylation sites (N-methyl/N-ethyl adjacent to an activating group) is 3. The Balaban J connectivity index is 1.64. The molecule has 1 aromatic rings. The first-order chi connectivity index (χ1) is 17.0. The summed E-state index contributed by atoms with van der Waals surface area (Å²) in [6.45, 7) is 1.04. The Morgan fingerprint density at radius 3 is 2.56 bits per heavy atom. The van der Waals surface area contributed by atoms with Crippen molar-refractivity contribution < 1.29 is 29.0 Å². The maximum atomic E-state index is 14.3. The van der Waals surface area contributed by atoms with Gasteiger partial charge in [0.1, 0.15) is 11.6 Å². The molecule has 0 aromatic heterocycles. The van der Waals surface area contributed by atoms with E-state index >= 15 is 0 Å². The van der Waals surface area contributed by atoms with E-state index in [0.717, 1.165) is 27.6 Å². The molecule has 1 aliphatic carbocycles. The molecular formula is C25H30N5O6+. The second-order valence-corrected chi connectivity index (χ2v) is 10.9. The Hall–Kier alpha value is -3.44. The molecule has 1 saturated heterocycles. The number of nitrogens with one attached hydrogen (secondary N) is 1. The van der Waals surface area contributed by atoms with Crippen LogP contribution in [0.4, 0.5) is 10.5 Å². The molecule has 0 radical (unpaired) electrons. The van der Waals surface area contributed by atoms with Crippen LogP contribution in [-0.4, -0.2) is 91.5 Å². The number of imide groups is 1. The minimum absolute atomic E-state index is 0.00654. The van der Waals surface area contributed by atoms with E-state index in [1.165, 1.54) is 14.1 Å². The van der Waals surface area contributed by atoms with Crippen molar-refractivity contribution in [3.05, 3.63) is 29.0 Å². The van der Waals surface area contributed by atoms with Crippen molar-refractivity contribution >= 4 is 29.2 Å². The van der Waals surface area contributed by atoms with Gasteiger partial charge in [-0.2, -0.15) is 0 Å². The lowest BCUT2D eigenvalue weighted by atomic mass is 9.60. The molecule has 6 rings (SSSR count). The van der Waals surface area contributed by atoms with Crippen molar-refractivity contribution in [3.8, 4) is 11.5 Å². The highest BCUT2D eigenvalue weighted by molar-refractivity contribution is 6.14. The monoisotopic (exact) mass is 496 g/mol. The summed E-state index contributed by atoms with van der Waals surface area (Å²) in [7, 11) is 6.73. The Labute approximate surface area is 208 Å². The van der Waals surface area contributed by atoms with Gasteiger partial charge in [-0.1, -0.05) is 0 Å². The number of Topliss-reactive ketones (excluding diaryl/α,β-unsaturated/α-hetero) is 2. The van der Waals surface area contributed by atoms with Gasteiger partial charge in [0.2, 0.25) is 0 Å². The maximum absolute atomic E-state index is 14.3. The molecule has 5 aliphatic rings. The van der Waals surface area contributed by atoms with Gasteiger partial charge < -0.3 is 20.9 Å². The number of ether oxygens (including phenoxy) is 1. The van der Waals surface area contributed by atoms with Crippen molar-refractivity contribution in [2.24, 2.45) is 17.6 Å². The van der Waals surface area contributed by atoms with Crippen molar-refractivity contribution in [1.29, 1.82) is 0 Å². The average molecular weight is 497 g/mol. The molecule has 4 N–H and O–H groups in total. The number of rotatable bonds is 2. The Morgan fingerprint density at radius 1 is 1.19 bits per heavy atom. The van der Waals surface area contributed by atoms with E-state index in [2.05, 4.69) is 5.32 Å². The van der Waals surface area contributed by atoms with E-state index in [4.69, 9.17) is 10.5 Å². The van der Waals surface area contributed by atoms with Crippen molar-refractivity contribution in [3.63, 3.8) is 0 Å². The summed E-state index contributed by atoms with van der Waals surface area (Å²) in [4.78, 5) is 57.2. The molecule has 1 spiro atoms. The molecule has 5 atom stereocenters. The first kappa shape index (κ1) is 23.0. The molecule has 4 unspecified atom stereocenters. The molecule has 4 aliphatic heterocycles. The fourth-order valence-corrected chi connectivity index (χ4v) is 6.98. The number of phenolic OH excluding ortho intramolecular Hbond substituents is 1. The highest BCUT2D eigenvalue weighted by Crippen LogP contribution is 2.59. The minimum atomic E-state index is -2.08. The molecule has 36 heavy (non-hydrogen) atoms. The van der Waals surface area contributed by atoms with Crippen LogP contribution in [-0.2, 0) is 20.8 Å². The fraction of sp³-hybridized carbons (Fsp3) is 0.520. The molecular weight excluding hydrogens is 466 g/mol. The van der Waals surface area contributed by atoms with Gasteiger partial charge in [-0.25, -0.2) is 4.79 Å². The van der Waals surface area contributed by atoms with Crippen LogP contribution in [0.5, 0.6) is 11.5 Å². The Kier molecular flexibility index (Phi) is 4.52. The third kappa shape index (κ3) is 2.49. The summed E-state index contributed by atoms with van der Waals surface area (Å²) in [5, 5.41) is 14.2. The zero-order chi connectivity index (χ0) is 25.9. The van der Waals surface area contributed by atoms with E-state index in [0.29, 0.717) is 35.0 Å². The number of carbonyl (C=O) groups is 4. The highest BCUT2D eigenvalue weighted by Gasteiger charge is 2.72. The zero-order valence-electron chi connectivity index (χ0n) is 20.7. The van der Waals surface area contributed by atoms with Gasteiger partial charge in [0.05, 0.1) is 38.5 Å². The highest BCUT2D eigenvalue weighted by atomic mass is 16.5. The summed E-state index contributed by atoms with van der Waals surface area (Å²) in [5.41, 5.74) is 6.54. The number of phenols is 1. The quantitative estimate of drug-likeness (QED) is 0.378. The number of amides is 3. The SMILES string of the molecule is CN1C(=O)N(C)[C@]2(Oc3c(O)cc4c(c3C3C(=O)C5NC=C(CCN)C5C(=O)C32)CC[N+]4(C)C)C1=O. The molecule has 11 heteroatoms. The molecule has 1 aromatic carbocycles. The number of fused-ring (bicyclic) bond motifs is 7. The zero-order valence-corrected chi connectivity index (χ0v) is 20.7. The van der Waals surface area contributed by atoms with Crippen molar-refractivity contribution in [2.45, 2.75) is 30.5 Å². The number of aromatic hydroxyl groups is 1. The van der Waals surface area contributed by atoms with E-state index in [1.54, 1.807) is 12.3 Å². The number of hydrogen-bond acceptors (Lipinski definition) is 8. The van der Waals surface area contributed by atoms with Crippen molar-refractivity contribution in [2.75, 3.05) is 41.3 Å². The molecule has 4 heterocycles. The topological polar surface area (TPSA) is 142 Å². The van der Waals surface area contributed by atoms with Crippen LogP contribution in [0.3, 0.4) is 0 Å². The van der Waals surface area contributed by atoms with Gasteiger partial charge in [-0.15, -0.1) is 0 Å². The van der Waals surface area contributed by atoms with Crippen LogP contribution < -0.4 is 20.3 Å². The molecule has 2 fully saturated rings. The number of benzene rings is 1. The van der Waals surface area contributed by atoms with Gasteiger partial charge in [0.25, 0.3) is 11.6 Å². The third-order valence-electron chi connectivity index (χ3n) is 8.80. The van der Waals surface area contributed by atoms with Crippen LogP contribution in [0.2, 0.25) is 0 Å². The van der Waals surface area contributed by atoms with Crippen LogP contribution >= 0.6 is 0 Å². The number of urea groups is 1. The van der Waals surface area contributed by atoms with Crippen molar-refractivity contribution in [1.82, 2.24) is 19.6 Å². The summed E-state index contributed by atoms with van der Waals surface area (Å²) in [6.07, 6.45) is 2.71. The van der Waals surface area contributed by atoms with Gasteiger partial charge in [0, 0.05) is 37.7 Å². The number of hydrogen-bond donors (Lipinski definition) is 3. The second kappa shape index (κ2) is 7.07. The van der Waals surface area contributed by atoms with E-state index in [1.807, 2.05) is 14.1 Å². The van der Waals surface area contributed by atoms with Gasteiger partial charge in [-0.3, -0.25) is 28.7 Å². The molecule has 1 saturated carbocycles. The predicted molar refractivity (Wildman–Crippen MR) is 128 cm³/mol. The molecule has 0 bridgehead atoms. The van der Waals surface area contributed by atoms with Crippen LogP contribution in [0.25, 0.3) is 0 Å². The first-order valence-corrected chi connectivity index (χ1v) is 12.2. The Morgan fingerprint density at radius 2 is 1.92 bits per heavy atom. The van der Waals surface area contributed by atoms with Gasteiger partial charge in [0.15, 0.2) is 23.1 Å². The molecule has 190 valence electrons. The number of ketones is 2. The summed E-state index contributed by atoms with van der Waals surface area (Å²) >= 11 is 0. The number of quaternary nitrogens is 1. The Bertz CT molecular complexity index is 1300. The second-order valence-electron chi connectivity index (χ2n) is 10.9. The predicted octanol–water partition coefficient (Wildman–Crippen LogP) is -0.200. The lowest BCUT2D eigenvalue weighted by molar-refractivity contribution is -0.172. The van der Waals surface area contributed by atoms with Gasteiger partial charge >= 0.3 is 6.03 Å². The maximum Gasteiger partial charge on any atom is 0.329 e. The van der Waals surface area contributed by atoms with Crippen LogP contribution in [0.15, 0.2) is 17.8 Å². The van der Waals surface area contributed by atoms with E-state index in [-0.39, 0.29) is 23.1 Å². The average Bonchev–Trinajstić information content (AvgIpc) is 3.44. The van der Waals surface area contributed by atoms with E-state index < -0.39 is 41.5 Å². The third-order valence-corrected chi connectivity index (χ3v) is 8.80. The number of nitrogens with zero attached hydrogens (tertiary/aromatic N) is 3. The van der Waals surface area contributed by atoms with Crippen LogP contribution in [0.1, 0.15) is 23.5 Å². The smallest absolute Gasteiger partial charge is 0.329 e. The van der Waals surface area contributed by atoms with Crippen LogP contribution in [0, 0.1) is 11.8 Å². The summed E-state index contributed by atoms with van der Waals surface area (Å²) < 4.78 is 6.81. The van der Waals surface area contributed by atoms with E-state index in [9.17, 15) is 24.3 Å². The summed E-state index contributed by atoms with van der Waals surface area (Å²) in [6, 6.07) is 0.151. The molecule has 3 amide bonds. The standard InChI is InChI=1S/C25H29N5O6/c1-28-23(34)25(29(2)24(28)35)18-17(21(33)19-15(20(18)32)11(5-7-26)10-27-19)16-12-6-8-30(3,4)13(12)9-14(31)22(16)36-25/h9-10,15,17-19,27H,5-8,26H2,1-4H3/p+1/t15?,17?,18?,19?,25-/m1/s1. The minimum Gasteiger partial charge on any atom is -0.504 e. The first-order valence-electron chi connectivity index (χ1n) is 12.2.